The fourth-order valence-corrected chi connectivity index (χ4v) is 6.17. The summed E-state index contributed by atoms with van der Waals surface area (Å²) < 4.78 is 5.51. The molecule has 4 bridgehead atoms. The standard InChI is InChI=1S/C18H24N4O3S/c23-14(9-26-17-22-21-15(25-17)13-1-2-13)19-16(24)20-18-6-10-3-11(7-18)5-12(4-10)8-18/h10-13H,1-9H2,(H2,19,20,23,24). The van der Waals surface area contributed by atoms with Crippen molar-refractivity contribution in [2.24, 2.45) is 17.8 Å². The zero-order chi connectivity index (χ0) is 17.7. The Kier molecular flexibility index (Phi) is 3.99. The summed E-state index contributed by atoms with van der Waals surface area (Å²) >= 11 is 1.17. The van der Waals surface area contributed by atoms with Crippen LogP contribution in [0.5, 0.6) is 0 Å². The predicted molar refractivity (Wildman–Crippen MR) is 94.6 cm³/mol. The largest absolute Gasteiger partial charge is 0.416 e. The lowest BCUT2D eigenvalue weighted by Gasteiger charge is -2.56. The van der Waals surface area contributed by atoms with Gasteiger partial charge >= 0.3 is 6.03 Å². The molecular formula is C18H24N4O3S. The molecule has 1 aromatic heterocycles. The number of rotatable bonds is 5. The summed E-state index contributed by atoms with van der Waals surface area (Å²) in [5, 5.41) is 13.9. The Morgan fingerprint density at radius 1 is 1.08 bits per heavy atom. The van der Waals surface area contributed by atoms with Crippen molar-refractivity contribution in [2.45, 2.75) is 68.0 Å². The van der Waals surface area contributed by atoms with Crippen LogP contribution in [0, 0.1) is 17.8 Å². The highest BCUT2D eigenvalue weighted by Gasteiger charge is 2.51. The Bertz CT molecular complexity index is 694. The summed E-state index contributed by atoms with van der Waals surface area (Å²) in [6, 6.07) is -0.359. The zero-order valence-corrected chi connectivity index (χ0v) is 15.5. The molecule has 1 aromatic rings. The number of thioether (sulfide) groups is 1. The van der Waals surface area contributed by atoms with Crippen molar-refractivity contribution in [3.8, 4) is 0 Å². The Balaban J connectivity index is 1.11. The number of carbonyl (C=O) groups is 2. The molecule has 0 aliphatic heterocycles. The highest BCUT2D eigenvalue weighted by molar-refractivity contribution is 7.99. The van der Waals surface area contributed by atoms with Gasteiger partial charge in [0.2, 0.25) is 11.8 Å². The van der Waals surface area contributed by atoms with Gasteiger partial charge in [-0.1, -0.05) is 11.8 Å². The van der Waals surface area contributed by atoms with E-state index in [9.17, 15) is 9.59 Å². The molecule has 5 fully saturated rings. The molecule has 0 saturated heterocycles. The molecule has 2 N–H and O–H groups in total. The lowest BCUT2D eigenvalue weighted by atomic mass is 9.53. The first-order chi connectivity index (χ1) is 12.6. The van der Waals surface area contributed by atoms with Gasteiger partial charge in [0.05, 0.1) is 5.75 Å². The molecule has 7 nitrogen and oxygen atoms in total. The molecule has 6 rings (SSSR count). The maximum atomic E-state index is 12.3. The molecule has 0 radical (unpaired) electrons. The number of amides is 3. The van der Waals surface area contributed by atoms with Gasteiger partial charge < -0.3 is 9.73 Å². The molecule has 0 atom stereocenters. The Morgan fingerprint density at radius 3 is 2.35 bits per heavy atom. The molecule has 0 spiro atoms. The minimum atomic E-state index is -0.359. The molecular weight excluding hydrogens is 352 g/mol. The number of nitrogens with zero attached hydrogens (tertiary/aromatic N) is 2. The van der Waals surface area contributed by atoms with E-state index in [1.807, 2.05) is 0 Å². The number of aromatic nitrogens is 2. The average Bonchev–Trinajstić information content (AvgIpc) is 3.29. The van der Waals surface area contributed by atoms with Gasteiger partial charge in [-0.25, -0.2) is 4.79 Å². The highest BCUT2D eigenvalue weighted by Crippen LogP contribution is 2.55. The number of nitrogens with one attached hydrogen (secondary N) is 2. The summed E-state index contributed by atoms with van der Waals surface area (Å²) in [5.41, 5.74) is -0.0854. The smallest absolute Gasteiger partial charge is 0.321 e. The molecule has 1 heterocycles. The van der Waals surface area contributed by atoms with Gasteiger partial charge in [0.15, 0.2) is 0 Å². The normalized spacial score (nSPS) is 34.7. The third kappa shape index (κ3) is 3.35. The quantitative estimate of drug-likeness (QED) is 0.767. The second kappa shape index (κ2) is 6.25. The number of urea groups is 1. The van der Waals surface area contributed by atoms with E-state index < -0.39 is 0 Å². The maximum absolute atomic E-state index is 12.3. The van der Waals surface area contributed by atoms with Gasteiger partial charge in [0.25, 0.3) is 5.22 Å². The number of hydrogen-bond donors (Lipinski definition) is 2. The first kappa shape index (κ1) is 16.6. The second-order valence-corrected chi connectivity index (χ2v) is 9.60. The lowest BCUT2D eigenvalue weighted by molar-refractivity contribution is -0.117. The van der Waals surface area contributed by atoms with Gasteiger partial charge in [0.1, 0.15) is 0 Å². The fraction of sp³-hybridized carbons (Fsp3) is 0.778. The van der Waals surface area contributed by atoms with Crippen LogP contribution in [0.3, 0.4) is 0 Å². The van der Waals surface area contributed by atoms with Gasteiger partial charge in [-0.15, -0.1) is 10.2 Å². The van der Waals surface area contributed by atoms with E-state index >= 15 is 0 Å². The van der Waals surface area contributed by atoms with E-state index in [2.05, 4.69) is 20.8 Å². The van der Waals surface area contributed by atoms with Crippen LogP contribution >= 0.6 is 11.8 Å². The summed E-state index contributed by atoms with van der Waals surface area (Å²) in [4.78, 5) is 24.4. The van der Waals surface area contributed by atoms with Gasteiger partial charge in [-0.3, -0.25) is 10.1 Å². The van der Waals surface area contributed by atoms with Crippen molar-refractivity contribution in [1.29, 1.82) is 0 Å². The Labute approximate surface area is 156 Å². The first-order valence-electron chi connectivity index (χ1n) is 9.65. The van der Waals surface area contributed by atoms with Crippen LogP contribution in [-0.4, -0.2) is 33.4 Å². The number of carbonyl (C=O) groups excluding carboxylic acids is 2. The first-order valence-corrected chi connectivity index (χ1v) is 10.6. The third-order valence-electron chi connectivity index (χ3n) is 6.35. The highest BCUT2D eigenvalue weighted by atomic mass is 32.2. The average molecular weight is 376 g/mol. The minimum absolute atomic E-state index is 0.0854. The Hall–Kier alpha value is -1.57. The molecule has 5 aliphatic carbocycles. The maximum Gasteiger partial charge on any atom is 0.321 e. The van der Waals surface area contributed by atoms with Crippen molar-refractivity contribution in [2.75, 3.05) is 5.75 Å². The van der Waals surface area contributed by atoms with Crippen molar-refractivity contribution in [3.05, 3.63) is 5.89 Å². The van der Waals surface area contributed by atoms with E-state index in [-0.39, 0.29) is 23.2 Å². The summed E-state index contributed by atoms with van der Waals surface area (Å²) in [6.45, 7) is 0. The van der Waals surface area contributed by atoms with Crippen molar-refractivity contribution in [3.63, 3.8) is 0 Å². The van der Waals surface area contributed by atoms with E-state index in [1.165, 1.54) is 31.0 Å². The van der Waals surface area contributed by atoms with Crippen molar-refractivity contribution < 1.29 is 14.0 Å². The zero-order valence-electron chi connectivity index (χ0n) is 14.7. The summed E-state index contributed by atoms with van der Waals surface area (Å²) in [6.07, 6.45) is 9.37. The predicted octanol–water partition coefficient (Wildman–Crippen LogP) is 2.83. The van der Waals surface area contributed by atoms with Crippen LogP contribution in [0.15, 0.2) is 9.64 Å². The second-order valence-electron chi connectivity index (χ2n) is 8.67. The summed E-state index contributed by atoms with van der Waals surface area (Å²) in [7, 11) is 0. The van der Waals surface area contributed by atoms with Crippen LogP contribution in [0.2, 0.25) is 0 Å². The third-order valence-corrected chi connectivity index (χ3v) is 7.16. The van der Waals surface area contributed by atoms with Crippen LogP contribution < -0.4 is 10.6 Å². The van der Waals surface area contributed by atoms with Crippen LogP contribution in [0.4, 0.5) is 4.79 Å². The van der Waals surface area contributed by atoms with Gasteiger partial charge in [0, 0.05) is 11.5 Å². The Morgan fingerprint density at radius 2 is 1.73 bits per heavy atom. The minimum Gasteiger partial charge on any atom is -0.416 e. The van der Waals surface area contributed by atoms with Gasteiger partial charge in [-0.05, 0) is 69.1 Å². The van der Waals surface area contributed by atoms with E-state index in [4.69, 9.17) is 4.42 Å². The lowest BCUT2D eigenvalue weighted by Crippen LogP contribution is -2.61. The topological polar surface area (TPSA) is 97.1 Å². The fourth-order valence-electron chi connectivity index (χ4n) is 5.60. The van der Waals surface area contributed by atoms with E-state index in [1.54, 1.807) is 0 Å². The van der Waals surface area contributed by atoms with Crippen molar-refractivity contribution in [1.82, 2.24) is 20.8 Å². The molecule has 26 heavy (non-hydrogen) atoms. The molecule has 5 aliphatic rings. The SMILES string of the molecule is O=C(CSc1nnc(C2CC2)o1)NC(=O)NC12CC3CC(CC(C3)C1)C2. The number of hydrogen-bond acceptors (Lipinski definition) is 6. The molecule has 8 heteroatoms. The van der Waals surface area contributed by atoms with Crippen LogP contribution in [-0.2, 0) is 4.79 Å². The number of imide groups is 1. The molecule has 140 valence electrons. The van der Waals surface area contributed by atoms with Crippen molar-refractivity contribution >= 4 is 23.7 Å². The van der Waals surface area contributed by atoms with Crippen LogP contribution in [0.1, 0.15) is 63.2 Å². The molecule has 5 saturated carbocycles. The van der Waals surface area contributed by atoms with E-state index in [0.717, 1.165) is 49.9 Å². The van der Waals surface area contributed by atoms with Crippen LogP contribution in [0.25, 0.3) is 0 Å². The molecule has 0 unspecified atom stereocenters. The monoisotopic (exact) mass is 376 g/mol. The molecule has 0 aromatic carbocycles. The van der Waals surface area contributed by atoms with Gasteiger partial charge in [-0.2, -0.15) is 0 Å². The molecule has 3 amide bonds. The van der Waals surface area contributed by atoms with E-state index in [0.29, 0.717) is 17.0 Å². The summed E-state index contributed by atoms with van der Waals surface area (Å²) in [5.74, 6) is 3.09.